The quantitative estimate of drug-likeness (QED) is 0.731. The molecule has 4 nitrogen and oxygen atoms in total. The van der Waals surface area contributed by atoms with Crippen molar-refractivity contribution in [3.05, 3.63) is 46.0 Å². The molecule has 0 bridgehead atoms. The molecule has 0 atom stereocenters. The first kappa shape index (κ1) is 17.7. The van der Waals surface area contributed by atoms with Crippen LogP contribution in [0.2, 0.25) is 0 Å². The maximum atomic E-state index is 13.2. The smallest absolute Gasteiger partial charge is 0.186 e. The lowest BCUT2D eigenvalue weighted by Gasteiger charge is -2.22. The number of methoxy groups -OCH3 is 2. The molecule has 1 aliphatic heterocycles. The van der Waals surface area contributed by atoms with E-state index < -0.39 is 0 Å². The lowest BCUT2D eigenvalue weighted by molar-refractivity contribution is 0.0955. The Morgan fingerprint density at radius 2 is 1.68 bits per heavy atom. The van der Waals surface area contributed by atoms with Gasteiger partial charge < -0.3 is 14.4 Å². The molecular formula is C20H23NO3S. The van der Waals surface area contributed by atoms with Gasteiger partial charge in [-0.1, -0.05) is 24.3 Å². The number of hydrogen-bond acceptors (Lipinski definition) is 5. The average Bonchev–Trinajstić information content (AvgIpc) is 2.92. The molecule has 0 radical (unpaired) electrons. The Bertz CT molecular complexity index is 873. The lowest BCUT2D eigenvalue weighted by atomic mass is 9.95. The van der Waals surface area contributed by atoms with Gasteiger partial charge in [0.1, 0.15) is 11.5 Å². The first-order chi connectivity index (χ1) is 12.0. The van der Waals surface area contributed by atoms with E-state index in [2.05, 4.69) is 18.7 Å². The monoisotopic (exact) mass is 357 g/mol. The largest absolute Gasteiger partial charge is 0.496 e. The topological polar surface area (TPSA) is 38.8 Å². The molecule has 5 heteroatoms. The number of thioether (sulfide) groups is 1. The Morgan fingerprint density at radius 3 is 2.20 bits per heavy atom. The van der Waals surface area contributed by atoms with Gasteiger partial charge in [0.15, 0.2) is 5.78 Å². The molecule has 2 aromatic carbocycles. The van der Waals surface area contributed by atoms with E-state index in [0.717, 1.165) is 28.0 Å². The van der Waals surface area contributed by atoms with E-state index in [0.29, 0.717) is 17.9 Å². The van der Waals surface area contributed by atoms with Crippen LogP contribution in [0, 0.1) is 6.92 Å². The minimum Gasteiger partial charge on any atom is -0.496 e. The lowest BCUT2D eigenvalue weighted by Crippen LogP contribution is -2.26. The minimum atomic E-state index is 0.0491. The van der Waals surface area contributed by atoms with Gasteiger partial charge in [0.2, 0.25) is 0 Å². The highest BCUT2D eigenvalue weighted by Crippen LogP contribution is 2.41. The van der Waals surface area contributed by atoms with Crippen LogP contribution in [0.1, 0.15) is 29.8 Å². The van der Waals surface area contributed by atoms with Crippen LogP contribution < -0.4 is 9.47 Å². The van der Waals surface area contributed by atoms with E-state index in [-0.39, 0.29) is 5.78 Å². The summed E-state index contributed by atoms with van der Waals surface area (Å²) >= 11 is 1.77. The minimum absolute atomic E-state index is 0.0491. The van der Waals surface area contributed by atoms with Gasteiger partial charge in [0.25, 0.3) is 0 Å². The summed E-state index contributed by atoms with van der Waals surface area (Å²) in [6, 6.07) is 7.87. The number of allylic oxidation sites excluding steroid dienone is 2. The highest BCUT2D eigenvalue weighted by molar-refractivity contribution is 8.03. The molecule has 0 fully saturated rings. The molecule has 0 spiro atoms. The van der Waals surface area contributed by atoms with Gasteiger partial charge in [-0.15, -0.1) is 11.8 Å². The van der Waals surface area contributed by atoms with Crippen LogP contribution in [0.25, 0.3) is 10.8 Å². The molecule has 1 aliphatic rings. The van der Waals surface area contributed by atoms with Crippen LogP contribution in [-0.2, 0) is 0 Å². The summed E-state index contributed by atoms with van der Waals surface area (Å²) in [4.78, 5) is 16.5. The molecule has 0 amide bonds. The molecule has 132 valence electrons. The molecule has 0 saturated carbocycles. The van der Waals surface area contributed by atoms with Gasteiger partial charge in [-0.25, -0.2) is 0 Å². The van der Waals surface area contributed by atoms with Gasteiger partial charge in [-0.3, -0.25) is 4.79 Å². The zero-order valence-electron chi connectivity index (χ0n) is 15.3. The predicted octanol–water partition coefficient (Wildman–Crippen LogP) is 4.61. The molecule has 0 aromatic heterocycles. The van der Waals surface area contributed by atoms with Crippen molar-refractivity contribution < 1.29 is 14.3 Å². The standard InChI is InChI=1S/C20H23NO3S/c1-12-18(17(22)10-21-11-25-14(3)13(21)2)20(24-5)16-9-7-6-8-15(16)19(12)23-4/h6-9H,10-11H2,1-5H3. The maximum absolute atomic E-state index is 13.2. The van der Waals surface area contributed by atoms with E-state index in [1.165, 1.54) is 10.6 Å². The van der Waals surface area contributed by atoms with E-state index >= 15 is 0 Å². The number of carbonyl (C=O) groups is 1. The molecule has 2 aromatic rings. The van der Waals surface area contributed by atoms with Crippen molar-refractivity contribution in [2.75, 3.05) is 26.6 Å². The third kappa shape index (κ3) is 2.97. The second-order valence-electron chi connectivity index (χ2n) is 6.15. The van der Waals surface area contributed by atoms with E-state index in [1.807, 2.05) is 31.2 Å². The summed E-state index contributed by atoms with van der Waals surface area (Å²) < 4.78 is 11.3. The first-order valence-corrected chi connectivity index (χ1v) is 9.19. The normalized spacial score (nSPS) is 14.4. The van der Waals surface area contributed by atoms with Crippen LogP contribution in [0.4, 0.5) is 0 Å². The molecule has 1 heterocycles. The molecule has 3 rings (SSSR count). The number of Topliss-reactive ketones (excluding diaryl/α,β-unsaturated/α-hetero) is 1. The fourth-order valence-corrected chi connectivity index (χ4v) is 4.30. The zero-order valence-corrected chi connectivity index (χ0v) is 16.1. The number of ether oxygens (including phenoxy) is 2. The number of ketones is 1. The van der Waals surface area contributed by atoms with Crippen LogP contribution >= 0.6 is 11.8 Å². The number of fused-ring (bicyclic) bond motifs is 1. The number of benzene rings is 2. The van der Waals surface area contributed by atoms with Crippen molar-refractivity contribution in [3.63, 3.8) is 0 Å². The number of nitrogens with zero attached hydrogens (tertiary/aromatic N) is 1. The Balaban J connectivity index is 2.12. The average molecular weight is 357 g/mol. The Kier molecular flexibility index (Phi) is 4.95. The van der Waals surface area contributed by atoms with Crippen molar-refractivity contribution >= 4 is 28.3 Å². The van der Waals surface area contributed by atoms with Gasteiger partial charge in [0, 0.05) is 26.9 Å². The molecule has 0 N–H and O–H groups in total. The second kappa shape index (κ2) is 7.00. The fourth-order valence-electron chi connectivity index (χ4n) is 3.33. The third-order valence-corrected chi connectivity index (χ3v) is 5.97. The number of carbonyl (C=O) groups excluding carboxylic acids is 1. The molecule has 0 aliphatic carbocycles. The Hall–Kier alpha value is -2.14. The summed E-state index contributed by atoms with van der Waals surface area (Å²) in [6.45, 7) is 6.42. The van der Waals surface area contributed by atoms with E-state index in [9.17, 15) is 4.79 Å². The summed E-state index contributed by atoms with van der Waals surface area (Å²) in [5.74, 6) is 2.23. The summed E-state index contributed by atoms with van der Waals surface area (Å²) in [5.41, 5.74) is 2.61. The summed E-state index contributed by atoms with van der Waals surface area (Å²) in [6.07, 6.45) is 0. The predicted molar refractivity (Wildman–Crippen MR) is 104 cm³/mol. The fraction of sp³-hybridized carbons (Fsp3) is 0.350. The molecule has 25 heavy (non-hydrogen) atoms. The third-order valence-electron chi connectivity index (χ3n) is 4.80. The highest BCUT2D eigenvalue weighted by Gasteiger charge is 2.26. The highest BCUT2D eigenvalue weighted by atomic mass is 32.2. The van der Waals surface area contributed by atoms with Crippen molar-refractivity contribution in [3.8, 4) is 11.5 Å². The van der Waals surface area contributed by atoms with Crippen LogP contribution in [0.3, 0.4) is 0 Å². The van der Waals surface area contributed by atoms with Gasteiger partial charge >= 0.3 is 0 Å². The molecule has 0 unspecified atom stereocenters. The SMILES string of the molecule is COc1c(C)c(C(=O)CN2CSC(C)=C2C)c(OC)c2ccccc12. The molecule has 0 saturated heterocycles. The first-order valence-electron chi connectivity index (χ1n) is 8.21. The van der Waals surface area contributed by atoms with E-state index in [1.54, 1.807) is 26.0 Å². The second-order valence-corrected chi connectivity index (χ2v) is 7.31. The number of rotatable bonds is 5. The van der Waals surface area contributed by atoms with Crippen LogP contribution in [-0.4, -0.2) is 37.3 Å². The molecular weight excluding hydrogens is 334 g/mol. The van der Waals surface area contributed by atoms with Crippen molar-refractivity contribution in [1.29, 1.82) is 0 Å². The van der Waals surface area contributed by atoms with Gasteiger partial charge in [-0.05, 0) is 20.8 Å². The van der Waals surface area contributed by atoms with E-state index in [4.69, 9.17) is 9.47 Å². The summed E-state index contributed by atoms with van der Waals surface area (Å²) in [7, 11) is 3.26. The van der Waals surface area contributed by atoms with Gasteiger partial charge in [-0.2, -0.15) is 0 Å². The maximum Gasteiger partial charge on any atom is 0.186 e. The Morgan fingerprint density at radius 1 is 1.08 bits per heavy atom. The van der Waals surface area contributed by atoms with Crippen LogP contribution in [0.15, 0.2) is 34.9 Å². The van der Waals surface area contributed by atoms with Crippen molar-refractivity contribution in [2.24, 2.45) is 0 Å². The summed E-state index contributed by atoms with van der Waals surface area (Å²) in [5, 5.41) is 1.86. The van der Waals surface area contributed by atoms with Crippen LogP contribution in [0.5, 0.6) is 11.5 Å². The number of hydrogen-bond donors (Lipinski definition) is 0. The zero-order chi connectivity index (χ0) is 18.1. The van der Waals surface area contributed by atoms with Crippen molar-refractivity contribution in [1.82, 2.24) is 4.90 Å². The van der Waals surface area contributed by atoms with Crippen molar-refractivity contribution in [2.45, 2.75) is 20.8 Å². The van der Waals surface area contributed by atoms with Gasteiger partial charge in [0.05, 0.1) is 32.2 Å². The Labute approximate surface area is 152 Å².